The lowest BCUT2D eigenvalue weighted by molar-refractivity contribution is 0.825. The van der Waals surface area contributed by atoms with Gasteiger partial charge in [-0.25, -0.2) is 0 Å². The minimum atomic E-state index is -0.126. The molecule has 4 nitrogen and oxygen atoms in total. The zero-order valence-electron chi connectivity index (χ0n) is 8.38. The summed E-state index contributed by atoms with van der Waals surface area (Å²) in [5.74, 6) is 0. The second-order valence-electron chi connectivity index (χ2n) is 3.26. The molecular weight excluding hydrogens is 222 g/mol. The molecule has 0 atom stereocenters. The summed E-state index contributed by atoms with van der Waals surface area (Å²) in [6.07, 6.45) is 0. The highest BCUT2D eigenvalue weighted by molar-refractivity contribution is 7.07. The smallest absolute Gasteiger partial charge is 0.308 e. The quantitative estimate of drug-likeness (QED) is 0.799. The Morgan fingerprint density at radius 1 is 1.50 bits per heavy atom. The van der Waals surface area contributed by atoms with Crippen molar-refractivity contribution >= 4 is 17.0 Å². The van der Waals surface area contributed by atoms with Crippen LogP contribution in [0.3, 0.4) is 0 Å². The van der Waals surface area contributed by atoms with E-state index in [4.69, 9.17) is 11.0 Å². The normalized spacial score (nSPS) is 9.94. The summed E-state index contributed by atoms with van der Waals surface area (Å²) in [5.41, 5.74) is 7.91. The molecule has 0 unspecified atom stereocenters. The van der Waals surface area contributed by atoms with Gasteiger partial charge in [0, 0.05) is 16.6 Å². The Morgan fingerprint density at radius 3 is 3.00 bits per heavy atom. The molecule has 80 valence electrons. The first kappa shape index (κ1) is 10.5. The van der Waals surface area contributed by atoms with Gasteiger partial charge in [0.2, 0.25) is 0 Å². The van der Waals surface area contributed by atoms with Crippen molar-refractivity contribution in [1.82, 2.24) is 4.57 Å². The molecule has 1 aromatic heterocycles. The van der Waals surface area contributed by atoms with Crippen LogP contribution in [0.5, 0.6) is 0 Å². The fraction of sp³-hybridized carbons (Fsp3) is 0.0909. The second kappa shape index (κ2) is 4.21. The summed E-state index contributed by atoms with van der Waals surface area (Å²) < 4.78 is 1.44. The summed E-state index contributed by atoms with van der Waals surface area (Å²) in [7, 11) is 0. The van der Waals surface area contributed by atoms with Crippen molar-refractivity contribution in [3.05, 3.63) is 39.3 Å². The largest absolute Gasteiger partial charge is 0.399 e. The molecule has 16 heavy (non-hydrogen) atoms. The zero-order chi connectivity index (χ0) is 11.5. The topological polar surface area (TPSA) is 71.8 Å². The Balaban J connectivity index is 2.57. The average molecular weight is 231 g/mol. The van der Waals surface area contributed by atoms with Gasteiger partial charge in [0.25, 0.3) is 0 Å². The van der Waals surface area contributed by atoms with E-state index in [1.807, 2.05) is 18.2 Å². The van der Waals surface area contributed by atoms with Crippen LogP contribution >= 0.6 is 11.3 Å². The standard InChI is InChI=1S/C11H9N3OS/c12-4-5-14-10(7-16-11(14)15)8-2-1-3-9(13)6-8/h1-3,6-7H,5,13H2. The molecule has 0 aliphatic carbocycles. The summed E-state index contributed by atoms with van der Waals surface area (Å²) in [6.45, 7) is 0.0620. The Bertz CT molecular complexity index is 606. The van der Waals surface area contributed by atoms with Gasteiger partial charge in [0.1, 0.15) is 6.54 Å². The van der Waals surface area contributed by atoms with Crippen molar-refractivity contribution in [2.24, 2.45) is 0 Å². The minimum absolute atomic E-state index is 0.0620. The molecule has 5 heteroatoms. The third-order valence-corrected chi connectivity index (χ3v) is 2.96. The summed E-state index contributed by atoms with van der Waals surface area (Å²) in [5, 5.41) is 10.4. The fourth-order valence-corrected chi connectivity index (χ4v) is 2.24. The first-order valence-corrected chi connectivity index (χ1v) is 5.51. The van der Waals surface area contributed by atoms with Gasteiger partial charge < -0.3 is 5.73 Å². The molecule has 0 bridgehead atoms. The van der Waals surface area contributed by atoms with E-state index in [2.05, 4.69) is 0 Å². The number of aromatic nitrogens is 1. The monoisotopic (exact) mass is 231 g/mol. The Hall–Kier alpha value is -2.06. The van der Waals surface area contributed by atoms with E-state index >= 15 is 0 Å². The van der Waals surface area contributed by atoms with Gasteiger partial charge >= 0.3 is 4.87 Å². The van der Waals surface area contributed by atoms with Crippen molar-refractivity contribution in [3.8, 4) is 17.3 Å². The predicted octanol–water partition coefficient (Wildman–Crippen LogP) is 1.68. The van der Waals surface area contributed by atoms with Crippen molar-refractivity contribution < 1.29 is 0 Å². The maximum absolute atomic E-state index is 11.5. The molecule has 0 aliphatic rings. The number of nitrogens with zero attached hydrogens (tertiary/aromatic N) is 2. The molecule has 0 saturated carbocycles. The summed E-state index contributed by atoms with van der Waals surface area (Å²) in [4.78, 5) is 11.4. The molecule has 0 radical (unpaired) electrons. The number of anilines is 1. The minimum Gasteiger partial charge on any atom is -0.399 e. The van der Waals surface area contributed by atoms with Crippen LogP contribution in [0.15, 0.2) is 34.4 Å². The number of nitrogens with two attached hydrogens (primary N) is 1. The van der Waals surface area contributed by atoms with Gasteiger partial charge in [-0.15, -0.1) is 0 Å². The van der Waals surface area contributed by atoms with E-state index < -0.39 is 0 Å². The number of hydrogen-bond donors (Lipinski definition) is 1. The molecule has 0 amide bonds. The van der Waals surface area contributed by atoms with Crippen molar-refractivity contribution in [2.45, 2.75) is 6.54 Å². The van der Waals surface area contributed by atoms with Gasteiger partial charge in [0.05, 0.1) is 11.8 Å². The van der Waals surface area contributed by atoms with Gasteiger partial charge in [-0.1, -0.05) is 23.5 Å². The Labute approximate surface area is 96.2 Å². The van der Waals surface area contributed by atoms with E-state index in [-0.39, 0.29) is 11.4 Å². The fourth-order valence-electron chi connectivity index (χ4n) is 1.47. The van der Waals surface area contributed by atoms with Gasteiger partial charge in [0.15, 0.2) is 0 Å². The van der Waals surface area contributed by atoms with Crippen LogP contribution in [0, 0.1) is 11.3 Å². The molecule has 0 saturated heterocycles. The van der Waals surface area contributed by atoms with Crippen molar-refractivity contribution in [1.29, 1.82) is 5.26 Å². The van der Waals surface area contributed by atoms with Crippen LogP contribution in [0.25, 0.3) is 11.3 Å². The van der Waals surface area contributed by atoms with Crippen LogP contribution in [-0.4, -0.2) is 4.57 Å². The third-order valence-electron chi connectivity index (χ3n) is 2.19. The number of rotatable bonds is 2. The molecule has 0 spiro atoms. The molecule has 1 aromatic carbocycles. The molecule has 0 aliphatic heterocycles. The van der Waals surface area contributed by atoms with Crippen LogP contribution in [0.2, 0.25) is 0 Å². The van der Waals surface area contributed by atoms with Crippen molar-refractivity contribution in [3.63, 3.8) is 0 Å². The number of thiazole rings is 1. The highest BCUT2D eigenvalue weighted by atomic mass is 32.1. The maximum atomic E-state index is 11.5. The van der Waals surface area contributed by atoms with E-state index in [1.54, 1.807) is 17.5 Å². The molecule has 0 fully saturated rings. The number of nitriles is 1. The van der Waals surface area contributed by atoms with E-state index in [0.717, 1.165) is 22.6 Å². The van der Waals surface area contributed by atoms with E-state index in [0.29, 0.717) is 5.69 Å². The van der Waals surface area contributed by atoms with Crippen LogP contribution in [0.1, 0.15) is 0 Å². The lowest BCUT2D eigenvalue weighted by Crippen LogP contribution is -2.13. The van der Waals surface area contributed by atoms with Crippen LogP contribution in [0.4, 0.5) is 5.69 Å². The SMILES string of the molecule is N#CCn1c(-c2cccc(N)c2)csc1=O. The van der Waals surface area contributed by atoms with Crippen LogP contribution < -0.4 is 10.6 Å². The zero-order valence-corrected chi connectivity index (χ0v) is 9.20. The number of nitrogen functional groups attached to an aromatic ring is 1. The second-order valence-corrected chi connectivity index (χ2v) is 4.08. The molecule has 2 N–H and O–H groups in total. The lowest BCUT2D eigenvalue weighted by Gasteiger charge is -2.04. The Kier molecular flexibility index (Phi) is 2.75. The van der Waals surface area contributed by atoms with Gasteiger partial charge in [-0.2, -0.15) is 5.26 Å². The molecular formula is C11H9N3OS. The highest BCUT2D eigenvalue weighted by Crippen LogP contribution is 2.21. The van der Waals surface area contributed by atoms with Gasteiger partial charge in [-0.05, 0) is 12.1 Å². The first-order chi connectivity index (χ1) is 7.72. The highest BCUT2D eigenvalue weighted by Gasteiger charge is 2.08. The van der Waals surface area contributed by atoms with Crippen molar-refractivity contribution in [2.75, 3.05) is 5.73 Å². The van der Waals surface area contributed by atoms with Gasteiger partial charge in [-0.3, -0.25) is 9.36 Å². The number of benzene rings is 1. The third kappa shape index (κ3) is 1.83. The van der Waals surface area contributed by atoms with E-state index in [1.165, 1.54) is 4.57 Å². The maximum Gasteiger partial charge on any atom is 0.308 e. The summed E-state index contributed by atoms with van der Waals surface area (Å²) >= 11 is 1.09. The molecule has 2 rings (SSSR count). The molecule has 2 aromatic rings. The average Bonchev–Trinajstić information content (AvgIpc) is 2.61. The number of hydrogen-bond acceptors (Lipinski definition) is 4. The van der Waals surface area contributed by atoms with E-state index in [9.17, 15) is 4.79 Å². The first-order valence-electron chi connectivity index (χ1n) is 4.63. The molecule has 1 heterocycles. The lowest BCUT2D eigenvalue weighted by atomic mass is 10.1. The predicted molar refractivity (Wildman–Crippen MR) is 64.0 cm³/mol. The summed E-state index contributed by atoms with van der Waals surface area (Å²) in [6, 6.07) is 9.23. The van der Waals surface area contributed by atoms with Crippen LogP contribution in [-0.2, 0) is 6.54 Å². The Morgan fingerprint density at radius 2 is 2.31 bits per heavy atom.